The summed E-state index contributed by atoms with van der Waals surface area (Å²) in [5, 5.41) is 10.0. The Hall–Kier alpha value is -0.980. The Bertz CT molecular complexity index is 465. The van der Waals surface area contributed by atoms with Gasteiger partial charge in [0.1, 0.15) is 5.75 Å². The summed E-state index contributed by atoms with van der Waals surface area (Å²) in [6.07, 6.45) is 26.5. The van der Waals surface area contributed by atoms with Crippen molar-refractivity contribution in [2.75, 3.05) is 0 Å². The van der Waals surface area contributed by atoms with Gasteiger partial charge in [-0.2, -0.15) is 0 Å². The molecule has 0 unspecified atom stereocenters. The third-order valence-electron chi connectivity index (χ3n) is 6.12. The van der Waals surface area contributed by atoms with E-state index in [-0.39, 0.29) is 0 Å². The Morgan fingerprint density at radius 3 is 1.39 bits per heavy atom. The summed E-state index contributed by atoms with van der Waals surface area (Å²) >= 11 is 0. The number of phenolic OH excluding ortho intramolecular Hbond substituents is 1. The van der Waals surface area contributed by atoms with Crippen LogP contribution < -0.4 is 0 Å². The molecule has 0 saturated carbocycles. The molecule has 0 amide bonds. The van der Waals surface area contributed by atoms with Crippen molar-refractivity contribution < 1.29 is 5.11 Å². The molecule has 0 aliphatic rings. The highest BCUT2D eigenvalue weighted by Crippen LogP contribution is 2.23. The predicted octanol–water partition coefficient (Wildman–Crippen LogP) is 9.28. The first kappa shape index (κ1) is 25.1. The second kappa shape index (κ2) is 18.1. The maximum absolute atomic E-state index is 10.0. The van der Waals surface area contributed by atoms with E-state index in [0.717, 1.165) is 17.5 Å². The van der Waals surface area contributed by atoms with Gasteiger partial charge in [0.15, 0.2) is 0 Å². The summed E-state index contributed by atoms with van der Waals surface area (Å²) in [7, 11) is 0. The fraction of sp³-hybridized carbons (Fsp3) is 0.778. The van der Waals surface area contributed by atoms with Gasteiger partial charge in [-0.3, -0.25) is 0 Å². The second-order valence-electron chi connectivity index (χ2n) is 8.84. The second-order valence-corrected chi connectivity index (χ2v) is 8.84. The molecule has 1 rings (SSSR count). The minimum atomic E-state index is 0.509. The summed E-state index contributed by atoms with van der Waals surface area (Å²) in [4.78, 5) is 0. The third kappa shape index (κ3) is 13.2. The number of hydrogen-bond donors (Lipinski definition) is 1. The molecular weight excluding hydrogens is 340 g/mol. The molecule has 0 saturated heterocycles. The summed E-state index contributed by atoms with van der Waals surface area (Å²) in [6.45, 7) is 4.27. The maximum atomic E-state index is 10.0. The van der Waals surface area contributed by atoms with Gasteiger partial charge in [0.25, 0.3) is 0 Å². The van der Waals surface area contributed by atoms with Gasteiger partial charge < -0.3 is 5.11 Å². The van der Waals surface area contributed by atoms with E-state index in [1.54, 1.807) is 0 Å². The first-order valence-electron chi connectivity index (χ1n) is 12.5. The Balaban J connectivity index is 1.77. The summed E-state index contributed by atoms with van der Waals surface area (Å²) in [6, 6.07) is 6.10. The lowest BCUT2D eigenvalue weighted by molar-refractivity contribution is 0.461. The van der Waals surface area contributed by atoms with E-state index in [1.165, 1.54) is 116 Å². The van der Waals surface area contributed by atoms with Crippen LogP contribution in [-0.4, -0.2) is 5.11 Å². The van der Waals surface area contributed by atoms with Crippen LogP contribution in [0, 0.1) is 6.92 Å². The van der Waals surface area contributed by atoms with Crippen molar-refractivity contribution in [3.63, 3.8) is 0 Å². The molecule has 1 nitrogen and oxygen atoms in total. The molecule has 28 heavy (non-hydrogen) atoms. The monoisotopic (exact) mass is 388 g/mol. The van der Waals surface area contributed by atoms with Crippen LogP contribution >= 0.6 is 0 Å². The molecule has 0 radical (unpaired) electrons. The number of para-hydroxylation sites is 1. The number of aryl methyl sites for hydroxylation is 2. The number of phenols is 1. The number of hydrogen-bond acceptors (Lipinski definition) is 1. The first-order valence-corrected chi connectivity index (χ1v) is 12.5. The van der Waals surface area contributed by atoms with Crippen LogP contribution in [-0.2, 0) is 6.42 Å². The molecular formula is C27H48O. The normalized spacial score (nSPS) is 11.2. The number of benzene rings is 1. The Labute approximate surface area is 176 Å². The van der Waals surface area contributed by atoms with E-state index in [9.17, 15) is 5.11 Å². The topological polar surface area (TPSA) is 20.2 Å². The summed E-state index contributed by atoms with van der Waals surface area (Å²) in [5.74, 6) is 0.509. The molecule has 1 aromatic carbocycles. The van der Waals surface area contributed by atoms with Gasteiger partial charge in [0.2, 0.25) is 0 Å². The van der Waals surface area contributed by atoms with Crippen molar-refractivity contribution in [1.82, 2.24) is 0 Å². The average molecular weight is 389 g/mol. The Kier molecular flexibility index (Phi) is 16.2. The van der Waals surface area contributed by atoms with Crippen molar-refractivity contribution >= 4 is 0 Å². The van der Waals surface area contributed by atoms with E-state index in [1.807, 2.05) is 13.0 Å². The van der Waals surface area contributed by atoms with Crippen molar-refractivity contribution in [3.05, 3.63) is 29.3 Å². The molecule has 0 aromatic heterocycles. The van der Waals surface area contributed by atoms with E-state index < -0.39 is 0 Å². The average Bonchev–Trinajstić information content (AvgIpc) is 2.70. The molecule has 0 atom stereocenters. The Morgan fingerprint density at radius 2 is 0.964 bits per heavy atom. The highest BCUT2D eigenvalue weighted by atomic mass is 16.3. The van der Waals surface area contributed by atoms with E-state index in [0.29, 0.717) is 5.75 Å². The molecule has 0 fully saturated rings. The van der Waals surface area contributed by atoms with E-state index in [4.69, 9.17) is 0 Å². The molecule has 0 aliphatic carbocycles. The van der Waals surface area contributed by atoms with Crippen LogP contribution in [0.2, 0.25) is 0 Å². The van der Waals surface area contributed by atoms with E-state index in [2.05, 4.69) is 19.1 Å². The fourth-order valence-corrected chi connectivity index (χ4v) is 4.14. The van der Waals surface area contributed by atoms with Crippen molar-refractivity contribution in [2.24, 2.45) is 0 Å². The van der Waals surface area contributed by atoms with Crippen LogP contribution in [0.15, 0.2) is 18.2 Å². The van der Waals surface area contributed by atoms with Gasteiger partial charge in [-0.25, -0.2) is 0 Å². The van der Waals surface area contributed by atoms with Crippen LogP contribution in [0.1, 0.15) is 134 Å². The van der Waals surface area contributed by atoms with Crippen LogP contribution in [0.5, 0.6) is 5.75 Å². The molecule has 1 aromatic rings. The van der Waals surface area contributed by atoms with Crippen LogP contribution in [0.4, 0.5) is 0 Å². The van der Waals surface area contributed by atoms with Crippen molar-refractivity contribution in [3.8, 4) is 5.75 Å². The molecule has 1 N–H and O–H groups in total. The zero-order valence-electron chi connectivity index (χ0n) is 19.1. The lowest BCUT2D eigenvalue weighted by Gasteiger charge is -2.07. The third-order valence-corrected chi connectivity index (χ3v) is 6.12. The van der Waals surface area contributed by atoms with Crippen molar-refractivity contribution in [1.29, 1.82) is 0 Å². The molecule has 0 aliphatic heterocycles. The molecule has 162 valence electrons. The van der Waals surface area contributed by atoms with Crippen molar-refractivity contribution in [2.45, 2.75) is 136 Å². The Morgan fingerprint density at radius 1 is 0.571 bits per heavy atom. The predicted molar refractivity (Wildman–Crippen MR) is 125 cm³/mol. The quantitative estimate of drug-likeness (QED) is 0.234. The van der Waals surface area contributed by atoms with Gasteiger partial charge in [-0.15, -0.1) is 0 Å². The van der Waals surface area contributed by atoms with Gasteiger partial charge >= 0.3 is 0 Å². The minimum absolute atomic E-state index is 0.509. The smallest absolute Gasteiger partial charge is 0.121 e. The number of aromatic hydroxyl groups is 1. The van der Waals surface area contributed by atoms with E-state index >= 15 is 0 Å². The van der Waals surface area contributed by atoms with Crippen LogP contribution in [0.25, 0.3) is 0 Å². The fourth-order valence-electron chi connectivity index (χ4n) is 4.14. The molecule has 0 bridgehead atoms. The lowest BCUT2D eigenvalue weighted by atomic mass is 10.0. The lowest BCUT2D eigenvalue weighted by Crippen LogP contribution is -1.89. The first-order chi connectivity index (χ1) is 13.8. The number of unbranched alkanes of at least 4 members (excludes halogenated alkanes) is 17. The minimum Gasteiger partial charge on any atom is -0.507 e. The molecule has 0 heterocycles. The van der Waals surface area contributed by atoms with Gasteiger partial charge in [-0.05, 0) is 30.9 Å². The van der Waals surface area contributed by atoms with Gasteiger partial charge in [-0.1, -0.05) is 134 Å². The molecule has 0 spiro atoms. The zero-order chi connectivity index (χ0) is 20.3. The summed E-state index contributed by atoms with van der Waals surface area (Å²) in [5.41, 5.74) is 2.12. The standard InChI is InChI=1S/C27H48O/c1-3-4-5-6-7-8-9-10-11-12-13-14-15-16-17-18-19-20-23-26-24-21-22-25(2)27(26)28/h21-22,24,28H,3-20,23H2,1-2H3. The SMILES string of the molecule is CCCCCCCCCCCCCCCCCCCCc1cccc(C)c1O. The van der Waals surface area contributed by atoms with Crippen LogP contribution in [0.3, 0.4) is 0 Å². The maximum Gasteiger partial charge on any atom is 0.121 e. The highest BCUT2D eigenvalue weighted by molar-refractivity contribution is 5.39. The van der Waals surface area contributed by atoms with Gasteiger partial charge in [0, 0.05) is 0 Å². The van der Waals surface area contributed by atoms with Gasteiger partial charge in [0.05, 0.1) is 0 Å². The summed E-state index contributed by atoms with van der Waals surface area (Å²) < 4.78 is 0. The zero-order valence-corrected chi connectivity index (χ0v) is 19.1. The molecule has 1 heteroatoms. The largest absolute Gasteiger partial charge is 0.507 e. The number of rotatable bonds is 19. The highest BCUT2D eigenvalue weighted by Gasteiger charge is 2.03.